The molecule has 5 nitrogen and oxygen atoms in total. The van der Waals surface area contributed by atoms with Crippen LogP contribution in [0.5, 0.6) is 0 Å². The first-order valence-corrected chi connectivity index (χ1v) is 10.9. The van der Waals surface area contributed by atoms with Gasteiger partial charge in [0.05, 0.1) is 22.5 Å². The molecule has 0 aliphatic rings. The molecule has 0 aromatic heterocycles. The summed E-state index contributed by atoms with van der Waals surface area (Å²) in [5, 5.41) is 2.08. The Kier molecular flexibility index (Phi) is 7.08. The van der Waals surface area contributed by atoms with E-state index in [0.29, 0.717) is 6.07 Å². The molecule has 0 saturated carbocycles. The van der Waals surface area contributed by atoms with Crippen LogP contribution < -0.4 is 9.62 Å². The quantitative estimate of drug-likeness (QED) is 0.633. The maximum atomic E-state index is 13.0. The van der Waals surface area contributed by atoms with Crippen LogP contribution in [0.3, 0.4) is 0 Å². The predicted molar refractivity (Wildman–Crippen MR) is 108 cm³/mol. The van der Waals surface area contributed by atoms with Crippen molar-refractivity contribution in [1.82, 2.24) is 0 Å². The fourth-order valence-electron chi connectivity index (χ4n) is 2.72. The molecule has 0 bridgehead atoms. The third-order valence-electron chi connectivity index (χ3n) is 3.93. The second kappa shape index (κ2) is 8.81. The molecule has 1 atom stereocenters. The summed E-state index contributed by atoms with van der Waals surface area (Å²) in [6.07, 6.45) is -3.72. The molecule has 2 aromatic rings. The summed E-state index contributed by atoms with van der Waals surface area (Å²) in [5.41, 5.74) is -1.11. The Labute approximate surface area is 176 Å². The normalized spacial score (nSPS) is 13.1. The van der Waals surface area contributed by atoms with Gasteiger partial charge in [-0.05, 0) is 42.8 Å². The lowest BCUT2D eigenvalue weighted by atomic mass is 10.1. The summed E-state index contributed by atoms with van der Waals surface area (Å²) in [6.45, 7) is 1.58. The second-order valence-electron chi connectivity index (χ2n) is 6.14. The number of benzene rings is 2. The smallest absolute Gasteiger partial charge is 0.324 e. The number of halogens is 5. The van der Waals surface area contributed by atoms with Gasteiger partial charge in [0.1, 0.15) is 6.04 Å². The molecule has 0 spiro atoms. The first-order valence-electron chi connectivity index (χ1n) is 8.27. The molecule has 0 radical (unpaired) electrons. The highest BCUT2D eigenvalue weighted by molar-refractivity contribution is 7.92. The topological polar surface area (TPSA) is 66.5 Å². The Morgan fingerprint density at radius 3 is 2.34 bits per heavy atom. The molecule has 158 valence electrons. The zero-order chi connectivity index (χ0) is 22.0. The van der Waals surface area contributed by atoms with E-state index in [1.807, 2.05) is 0 Å². The van der Waals surface area contributed by atoms with Crippen molar-refractivity contribution in [3.05, 3.63) is 58.1 Å². The lowest BCUT2D eigenvalue weighted by molar-refractivity contribution is -0.137. The second-order valence-corrected chi connectivity index (χ2v) is 8.85. The average Bonchev–Trinajstić information content (AvgIpc) is 2.58. The van der Waals surface area contributed by atoms with Crippen LogP contribution >= 0.6 is 23.2 Å². The van der Waals surface area contributed by atoms with Crippen molar-refractivity contribution in [2.75, 3.05) is 15.9 Å². The Morgan fingerprint density at radius 2 is 1.83 bits per heavy atom. The number of hydrogen-bond acceptors (Lipinski definition) is 3. The Hall–Kier alpha value is -1.97. The lowest BCUT2D eigenvalue weighted by Crippen LogP contribution is -2.47. The molecule has 29 heavy (non-hydrogen) atoms. The molecular formula is C18H17Cl2F3N2O3S. The van der Waals surface area contributed by atoms with Gasteiger partial charge in [-0.25, -0.2) is 8.42 Å². The maximum Gasteiger partial charge on any atom is 0.417 e. The summed E-state index contributed by atoms with van der Waals surface area (Å²) in [6, 6.07) is 7.59. The van der Waals surface area contributed by atoms with Crippen molar-refractivity contribution in [1.29, 1.82) is 0 Å². The molecule has 0 saturated heterocycles. The van der Waals surface area contributed by atoms with E-state index in [4.69, 9.17) is 23.2 Å². The van der Waals surface area contributed by atoms with Gasteiger partial charge >= 0.3 is 6.18 Å². The Balaban J connectivity index is 2.41. The fourth-order valence-corrected chi connectivity index (χ4v) is 4.33. The van der Waals surface area contributed by atoms with Crippen LogP contribution in [0.15, 0.2) is 42.5 Å². The molecule has 0 unspecified atom stereocenters. The van der Waals surface area contributed by atoms with Crippen LogP contribution in [-0.2, 0) is 21.0 Å². The minimum Gasteiger partial charge on any atom is -0.324 e. The van der Waals surface area contributed by atoms with Crippen molar-refractivity contribution in [3.63, 3.8) is 0 Å². The Bertz CT molecular complexity index is 1010. The minimum atomic E-state index is -4.71. The molecule has 0 heterocycles. The van der Waals surface area contributed by atoms with Gasteiger partial charge in [-0.1, -0.05) is 36.2 Å². The van der Waals surface area contributed by atoms with Crippen LogP contribution in [0.2, 0.25) is 10.0 Å². The first kappa shape index (κ1) is 23.3. The van der Waals surface area contributed by atoms with Crippen molar-refractivity contribution in [2.24, 2.45) is 0 Å². The largest absolute Gasteiger partial charge is 0.417 e. The standard InChI is InChI=1S/C18H17Cl2F3N2O3S/c1-3-16(25(29(2,27)28)13-6-4-5-11(19)9-13)17(26)24-12-7-8-15(20)14(10-12)18(21,22)23/h4-10,16H,3H2,1-2H3,(H,24,26)/t16-/m1/s1. The number of nitrogens with one attached hydrogen (secondary N) is 1. The molecule has 0 fully saturated rings. The third kappa shape index (κ3) is 5.77. The van der Waals surface area contributed by atoms with E-state index in [1.54, 1.807) is 13.0 Å². The van der Waals surface area contributed by atoms with Crippen LogP contribution in [-0.4, -0.2) is 26.6 Å². The Morgan fingerprint density at radius 1 is 1.17 bits per heavy atom. The summed E-state index contributed by atoms with van der Waals surface area (Å²) >= 11 is 11.5. The van der Waals surface area contributed by atoms with Crippen LogP contribution in [0.25, 0.3) is 0 Å². The van der Waals surface area contributed by atoms with Crippen molar-refractivity contribution in [2.45, 2.75) is 25.6 Å². The van der Waals surface area contributed by atoms with Gasteiger partial charge in [0.25, 0.3) is 0 Å². The summed E-state index contributed by atoms with van der Waals surface area (Å²) < 4.78 is 64.7. The molecule has 0 aliphatic heterocycles. The van der Waals surface area contributed by atoms with E-state index in [-0.39, 0.29) is 22.8 Å². The van der Waals surface area contributed by atoms with Gasteiger partial charge in [-0.3, -0.25) is 9.10 Å². The molecular weight excluding hydrogens is 452 g/mol. The number of sulfonamides is 1. The number of amides is 1. The number of hydrogen-bond donors (Lipinski definition) is 1. The molecule has 11 heteroatoms. The first-order chi connectivity index (χ1) is 13.3. The van der Waals surface area contributed by atoms with E-state index < -0.39 is 38.7 Å². The van der Waals surface area contributed by atoms with Gasteiger partial charge < -0.3 is 5.32 Å². The number of nitrogens with zero attached hydrogens (tertiary/aromatic N) is 1. The van der Waals surface area contributed by atoms with Crippen molar-refractivity contribution < 1.29 is 26.4 Å². The number of anilines is 2. The summed E-state index contributed by atoms with van der Waals surface area (Å²) in [7, 11) is -3.91. The average molecular weight is 469 g/mol. The third-order valence-corrected chi connectivity index (χ3v) is 5.68. The minimum absolute atomic E-state index is 0.0606. The summed E-state index contributed by atoms with van der Waals surface area (Å²) in [5.74, 6) is -0.798. The van der Waals surface area contributed by atoms with Gasteiger partial charge in [0, 0.05) is 10.7 Å². The highest BCUT2D eigenvalue weighted by atomic mass is 35.5. The van der Waals surface area contributed by atoms with Gasteiger partial charge in [0.15, 0.2) is 0 Å². The van der Waals surface area contributed by atoms with Crippen molar-refractivity contribution >= 4 is 50.5 Å². The van der Waals surface area contributed by atoms with Gasteiger partial charge in [-0.15, -0.1) is 0 Å². The number of rotatable bonds is 6. The number of alkyl halides is 3. The lowest BCUT2D eigenvalue weighted by Gasteiger charge is -2.30. The van der Waals surface area contributed by atoms with E-state index in [9.17, 15) is 26.4 Å². The maximum absolute atomic E-state index is 13.0. The predicted octanol–water partition coefficient (Wildman–Crippen LogP) is 5.20. The molecule has 2 rings (SSSR count). The van der Waals surface area contributed by atoms with E-state index >= 15 is 0 Å². The fraction of sp³-hybridized carbons (Fsp3) is 0.278. The number of carbonyl (C=O) groups excluding carboxylic acids is 1. The zero-order valence-corrected chi connectivity index (χ0v) is 17.6. The zero-order valence-electron chi connectivity index (χ0n) is 15.3. The summed E-state index contributed by atoms with van der Waals surface area (Å²) in [4.78, 5) is 12.8. The molecule has 2 aromatic carbocycles. The van der Waals surface area contributed by atoms with E-state index in [0.717, 1.165) is 16.6 Å². The van der Waals surface area contributed by atoms with E-state index in [2.05, 4.69) is 5.32 Å². The van der Waals surface area contributed by atoms with Crippen LogP contribution in [0, 0.1) is 0 Å². The highest BCUT2D eigenvalue weighted by Crippen LogP contribution is 2.36. The van der Waals surface area contributed by atoms with Gasteiger partial charge in [0.2, 0.25) is 15.9 Å². The number of carbonyl (C=O) groups is 1. The van der Waals surface area contributed by atoms with Gasteiger partial charge in [-0.2, -0.15) is 13.2 Å². The van der Waals surface area contributed by atoms with Crippen LogP contribution in [0.1, 0.15) is 18.9 Å². The van der Waals surface area contributed by atoms with Crippen molar-refractivity contribution in [3.8, 4) is 0 Å². The highest BCUT2D eigenvalue weighted by Gasteiger charge is 2.35. The van der Waals surface area contributed by atoms with E-state index in [1.165, 1.54) is 24.3 Å². The van der Waals surface area contributed by atoms with Crippen LogP contribution in [0.4, 0.5) is 24.5 Å². The monoisotopic (exact) mass is 468 g/mol. The SMILES string of the molecule is CC[C@H](C(=O)Nc1ccc(Cl)c(C(F)(F)F)c1)N(c1cccc(Cl)c1)S(C)(=O)=O. The molecule has 1 amide bonds. The molecule has 1 N–H and O–H groups in total. The molecule has 0 aliphatic carbocycles.